The fourth-order valence-electron chi connectivity index (χ4n) is 4.20. The summed E-state index contributed by atoms with van der Waals surface area (Å²) in [5, 5.41) is 0.962. The molecule has 0 N–H and O–H groups in total. The minimum absolute atomic E-state index is 0.127. The largest absolute Gasteiger partial charge is 0.497 e. The van der Waals surface area contributed by atoms with Crippen molar-refractivity contribution in [3.05, 3.63) is 59.9 Å². The Morgan fingerprint density at radius 2 is 1.71 bits per heavy atom. The fourth-order valence-corrected chi connectivity index (χ4v) is 4.20. The maximum absolute atomic E-state index is 13.1. The van der Waals surface area contributed by atoms with Crippen LogP contribution in [0, 0.1) is 6.92 Å². The number of rotatable bonds is 4. The third-order valence-electron chi connectivity index (χ3n) is 5.88. The number of hydrogen-bond donors (Lipinski definition) is 0. The number of aryl methyl sites for hydroxylation is 1. The number of benzene rings is 2. The summed E-state index contributed by atoms with van der Waals surface area (Å²) in [5.74, 6) is 1.70. The highest BCUT2D eigenvalue weighted by molar-refractivity contribution is 5.99. The molecule has 2 atom stereocenters. The summed E-state index contributed by atoms with van der Waals surface area (Å²) in [6, 6.07) is 15.1. The van der Waals surface area contributed by atoms with Crippen molar-refractivity contribution in [3.63, 3.8) is 0 Å². The van der Waals surface area contributed by atoms with Crippen LogP contribution in [0.2, 0.25) is 0 Å². The third-order valence-corrected chi connectivity index (χ3v) is 5.88. The predicted octanol–water partition coefficient (Wildman–Crippen LogP) is 3.44. The first-order chi connectivity index (χ1) is 15.1. The van der Waals surface area contributed by atoms with Crippen LogP contribution in [-0.4, -0.2) is 62.5 Å². The summed E-state index contributed by atoms with van der Waals surface area (Å²) in [4.78, 5) is 14.9. The smallest absolute Gasteiger partial charge is 0.290 e. The Hall–Kier alpha value is -3.03. The second-order valence-electron chi connectivity index (χ2n) is 7.92. The minimum Gasteiger partial charge on any atom is -0.497 e. The SMILES string of the molecule is COc1cccc(OC2CO[C@H]3CN(C(=O)c4oc5ccccc5c4C)C[C@@H]3OC2)c1. The van der Waals surface area contributed by atoms with Gasteiger partial charge in [-0.05, 0) is 25.1 Å². The number of fused-ring (bicyclic) bond motifs is 2. The Kier molecular flexibility index (Phi) is 5.29. The molecule has 1 amide bonds. The van der Waals surface area contributed by atoms with Gasteiger partial charge in [-0.25, -0.2) is 0 Å². The Bertz CT molecular complexity index is 1080. The first-order valence-electron chi connectivity index (χ1n) is 10.4. The monoisotopic (exact) mass is 423 g/mol. The lowest BCUT2D eigenvalue weighted by molar-refractivity contribution is -0.00461. The van der Waals surface area contributed by atoms with E-state index in [1.165, 1.54) is 0 Å². The molecular weight excluding hydrogens is 398 g/mol. The summed E-state index contributed by atoms with van der Waals surface area (Å²) in [7, 11) is 1.62. The van der Waals surface area contributed by atoms with Gasteiger partial charge in [-0.15, -0.1) is 0 Å². The topological polar surface area (TPSA) is 70.4 Å². The molecule has 3 aromatic rings. The Balaban J connectivity index is 1.23. The van der Waals surface area contributed by atoms with E-state index in [9.17, 15) is 4.79 Å². The van der Waals surface area contributed by atoms with Gasteiger partial charge in [0.1, 0.15) is 35.4 Å². The molecule has 3 heterocycles. The van der Waals surface area contributed by atoms with E-state index >= 15 is 0 Å². The van der Waals surface area contributed by atoms with Crippen LogP contribution in [0.15, 0.2) is 52.9 Å². The zero-order valence-electron chi connectivity index (χ0n) is 17.6. The van der Waals surface area contributed by atoms with Crippen LogP contribution in [0.25, 0.3) is 11.0 Å². The number of carbonyl (C=O) groups is 1. The van der Waals surface area contributed by atoms with Crippen molar-refractivity contribution in [2.24, 2.45) is 0 Å². The highest BCUT2D eigenvalue weighted by Gasteiger charge is 2.41. The minimum atomic E-state index is -0.223. The molecule has 2 aliphatic heterocycles. The molecule has 0 radical (unpaired) electrons. The van der Waals surface area contributed by atoms with Crippen LogP contribution in [-0.2, 0) is 9.47 Å². The van der Waals surface area contributed by atoms with E-state index < -0.39 is 0 Å². The van der Waals surface area contributed by atoms with E-state index in [2.05, 4.69) is 0 Å². The van der Waals surface area contributed by atoms with Gasteiger partial charge in [-0.3, -0.25) is 4.79 Å². The molecule has 1 aromatic heterocycles. The maximum Gasteiger partial charge on any atom is 0.290 e. The molecule has 31 heavy (non-hydrogen) atoms. The van der Waals surface area contributed by atoms with Crippen LogP contribution in [0.5, 0.6) is 11.5 Å². The molecular formula is C24H25NO6. The molecule has 2 fully saturated rings. The predicted molar refractivity (Wildman–Crippen MR) is 114 cm³/mol. The summed E-state index contributed by atoms with van der Waals surface area (Å²) >= 11 is 0. The van der Waals surface area contributed by atoms with Gasteiger partial charge in [0.25, 0.3) is 5.91 Å². The molecule has 0 saturated carbocycles. The van der Waals surface area contributed by atoms with Gasteiger partial charge >= 0.3 is 0 Å². The van der Waals surface area contributed by atoms with Crippen LogP contribution in [0.3, 0.4) is 0 Å². The number of amides is 1. The highest BCUT2D eigenvalue weighted by Crippen LogP contribution is 2.29. The molecule has 0 spiro atoms. The molecule has 7 nitrogen and oxygen atoms in total. The lowest BCUT2D eigenvalue weighted by Crippen LogP contribution is -2.33. The Morgan fingerprint density at radius 1 is 1.00 bits per heavy atom. The third kappa shape index (κ3) is 3.86. The van der Waals surface area contributed by atoms with Gasteiger partial charge in [-0.2, -0.15) is 0 Å². The van der Waals surface area contributed by atoms with Gasteiger partial charge in [-0.1, -0.05) is 24.3 Å². The van der Waals surface area contributed by atoms with Crippen molar-refractivity contribution in [2.75, 3.05) is 33.4 Å². The van der Waals surface area contributed by atoms with Crippen molar-refractivity contribution < 1.29 is 28.2 Å². The number of methoxy groups -OCH3 is 1. The number of hydrogen-bond acceptors (Lipinski definition) is 6. The van der Waals surface area contributed by atoms with E-state index in [0.29, 0.717) is 37.8 Å². The average molecular weight is 423 g/mol. The number of likely N-dealkylation sites (tertiary alicyclic amines) is 1. The van der Waals surface area contributed by atoms with E-state index in [4.69, 9.17) is 23.4 Å². The first-order valence-corrected chi connectivity index (χ1v) is 10.4. The van der Waals surface area contributed by atoms with Gasteiger partial charge in [0.05, 0.1) is 33.4 Å². The molecule has 7 heteroatoms. The van der Waals surface area contributed by atoms with Crippen LogP contribution in [0.4, 0.5) is 0 Å². The van der Waals surface area contributed by atoms with E-state index in [1.54, 1.807) is 12.0 Å². The number of furan rings is 1. The second-order valence-corrected chi connectivity index (χ2v) is 7.92. The fraction of sp³-hybridized carbons (Fsp3) is 0.375. The number of carbonyl (C=O) groups excluding carboxylic acids is 1. The molecule has 162 valence electrons. The van der Waals surface area contributed by atoms with Gasteiger partial charge < -0.3 is 28.3 Å². The average Bonchev–Trinajstić information content (AvgIpc) is 3.31. The van der Waals surface area contributed by atoms with Gasteiger partial charge in [0, 0.05) is 17.0 Å². The van der Waals surface area contributed by atoms with E-state index in [0.717, 1.165) is 22.3 Å². The molecule has 2 aliphatic rings. The number of nitrogens with zero attached hydrogens (tertiary/aromatic N) is 1. The van der Waals surface area contributed by atoms with Crippen LogP contribution >= 0.6 is 0 Å². The van der Waals surface area contributed by atoms with Gasteiger partial charge in [0.15, 0.2) is 5.76 Å². The van der Waals surface area contributed by atoms with Crippen molar-refractivity contribution >= 4 is 16.9 Å². The molecule has 0 bridgehead atoms. The lowest BCUT2D eigenvalue weighted by atomic mass is 10.1. The van der Waals surface area contributed by atoms with E-state index in [1.807, 2.05) is 55.5 Å². The first kappa shape index (κ1) is 19.9. The Morgan fingerprint density at radius 3 is 2.42 bits per heavy atom. The van der Waals surface area contributed by atoms with Crippen molar-refractivity contribution in [1.29, 1.82) is 0 Å². The van der Waals surface area contributed by atoms with Gasteiger partial charge in [0.2, 0.25) is 0 Å². The number of ether oxygens (including phenoxy) is 4. The molecule has 2 aromatic carbocycles. The maximum atomic E-state index is 13.1. The highest BCUT2D eigenvalue weighted by atomic mass is 16.6. The summed E-state index contributed by atoms with van der Waals surface area (Å²) < 4.78 is 29.2. The zero-order chi connectivity index (χ0) is 21.4. The Labute approximate surface area is 180 Å². The molecule has 2 saturated heterocycles. The van der Waals surface area contributed by atoms with Crippen molar-refractivity contribution in [2.45, 2.75) is 25.2 Å². The molecule has 5 rings (SSSR count). The second kappa shape index (κ2) is 8.24. The van der Waals surface area contributed by atoms with Crippen LogP contribution in [0.1, 0.15) is 16.1 Å². The summed E-state index contributed by atoms with van der Waals surface area (Å²) in [5.41, 5.74) is 1.59. The van der Waals surface area contributed by atoms with E-state index in [-0.39, 0.29) is 24.2 Å². The summed E-state index contributed by atoms with van der Waals surface area (Å²) in [6.07, 6.45) is -0.598. The summed E-state index contributed by atoms with van der Waals surface area (Å²) in [6.45, 7) is 3.63. The standard InChI is InChI=1S/C24H25NO6/c1-15-19-8-3-4-9-20(19)31-23(15)24(26)25-11-21-22(12-25)29-14-18(13-28-21)30-17-7-5-6-16(10-17)27-2/h3-10,18,21-22H,11-14H2,1-2H3/t21-,22-/m0/s1. The zero-order valence-corrected chi connectivity index (χ0v) is 17.6. The lowest BCUT2D eigenvalue weighted by Gasteiger charge is -2.19. The quantitative estimate of drug-likeness (QED) is 0.640. The molecule has 0 aliphatic carbocycles. The van der Waals surface area contributed by atoms with Crippen molar-refractivity contribution in [3.8, 4) is 11.5 Å². The van der Waals surface area contributed by atoms with Crippen molar-refractivity contribution in [1.82, 2.24) is 4.90 Å². The normalized spacial score (nSPS) is 21.7. The molecule has 0 unspecified atom stereocenters. The number of para-hydroxylation sites is 1. The van der Waals surface area contributed by atoms with Crippen LogP contribution < -0.4 is 9.47 Å².